The molecule has 0 bridgehead atoms. The topological polar surface area (TPSA) is 120 Å². The summed E-state index contributed by atoms with van der Waals surface area (Å²) in [5, 5.41) is 12.9. The second-order valence-electron chi connectivity index (χ2n) is 15.4. The van der Waals surface area contributed by atoms with Gasteiger partial charge in [0.05, 0.1) is 18.8 Å². The Bertz CT molecular complexity index is 2350. The van der Waals surface area contributed by atoms with Crippen molar-refractivity contribution in [3.8, 4) is 22.8 Å². The van der Waals surface area contributed by atoms with Gasteiger partial charge in [-0.3, -0.25) is 14.5 Å². The molecule has 12 heteroatoms. The normalized spacial score (nSPS) is 16.7. The van der Waals surface area contributed by atoms with Crippen LogP contribution in [0.1, 0.15) is 48.7 Å². The average Bonchev–Trinajstić information content (AvgIpc) is 3.55. The first kappa shape index (κ1) is 38.7. The summed E-state index contributed by atoms with van der Waals surface area (Å²) in [7, 11) is 5.45. The van der Waals surface area contributed by atoms with Gasteiger partial charge >= 0.3 is 6.09 Å². The molecule has 5 aromatic rings. The third kappa shape index (κ3) is 7.77. The number of hydrogen-bond donors (Lipinski definition) is 2. The predicted octanol–water partition coefficient (Wildman–Crippen LogP) is 6.48. The molecule has 3 amide bonds. The monoisotopic (exact) mass is 782 g/mol. The molecule has 4 aromatic carbocycles. The summed E-state index contributed by atoms with van der Waals surface area (Å²) >= 11 is 0. The molecule has 1 fully saturated rings. The molecular weight excluding hydrogens is 733 g/mol. The van der Waals surface area contributed by atoms with Gasteiger partial charge in [-0.2, -0.15) is 0 Å². The lowest BCUT2D eigenvalue weighted by Gasteiger charge is -2.41. The van der Waals surface area contributed by atoms with Gasteiger partial charge in [0.2, 0.25) is 0 Å². The van der Waals surface area contributed by atoms with Crippen LogP contribution in [-0.2, 0) is 37.7 Å². The van der Waals surface area contributed by atoms with Gasteiger partial charge in [0.15, 0.2) is 0 Å². The van der Waals surface area contributed by atoms with Gasteiger partial charge in [-0.1, -0.05) is 30.3 Å². The van der Waals surface area contributed by atoms with Crippen LogP contribution >= 0.6 is 0 Å². The zero-order valence-corrected chi connectivity index (χ0v) is 33.5. The number of aromatic hydroxyl groups is 1. The largest absolute Gasteiger partial charge is 0.508 e. The molecule has 3 aliphatic rings. The second-order valence-corrected chi connectivity index (χ2v) is 15.4. The lowest BCUT2D eigenvalue weighted by Crippen LogP contribution is -2.52. The number of carbonyl (C=O) groups excluding carboxylic acids is 3. The van der Waals surface area contributed by atoms with Crippen LogP contribution < -0.4 is 15.0 Å². The number of phenolic OH excluding ortho intramolecular Hbond substituents is 1. The van der Waals surface area contributed by atoms with Gasteiger partial charge in [0.25, 0.3) is 11.8 Å². The summed E-state index contributed by atoms with van der Waals surface area (Å²) in [5.74, 6) is 0.271. The first-order valence-electron chi connectivity index (χ1n) is 19.9. The number of amides is 3. The SMILES string of the molecule is CNc1cccc(OC(=O)N2CCc3cc(-c4cc(C(=O)N(C)c5ccc(O)cc5)c(C)n4C)c(C(=O)N4Cc5ccccc5C[C@H]4CN4CCOCC4)cc3C2)c1. The molecule has 1 aromatic heterocycles. The maximum Gasteiger partial charge on any atom is 0.415 e. The number of nitrogens with one attached hydrogen (secondary N) is 1. The van der Waals surface area contributed by atoms with Gasteiger partial charge in [0.1, 0.15) is 11.5 Å². The van der Waals surface area contributed by atoms with E-state index in [2.05, 4.69) is 34.5 Å². The van der Waals surface area contributed by atoms with Crippen molar-refractivity contribution in [3.63, 3.8) is 0 Å². The Morgan fingerprint density at radius 2 is 1.62 bits per heavy atom. The molecule has 8 rings (SSSR count). The molecule has 0 saturated carbocycles. The van der Waals surface area contributed by atoms with Crippen molar-refractivity contribution in [2.45, 2.75) is 38.9 Å². The van der Waals surface area contributed by atoms with Crippen LogP contribution in [0.25, 0.3) is 11.3 Å². The Kier molecular flexibility index (Phi) is 11.0. The number of aromatic nitrogens is 1. The van der Waals surface area contributed by atoms with E-state index in [1.807, 2.05) is 60.8 Å². The van der Waals surface area contributed by atoms with Gasteiger partial charge < -0.3 is 39.2 Å². The van der Waals surface area contributed by atoms with Crippen molar-refractivity contribution >= 4 is 29.3 Å². The summed E-state index contributed by atoms with van der Waals surface area (Å²) in [6.45, 7) is 6.80. The van der Waals surface area contributed by atoms with Crippen LogP contribution in [0.15, 0.2) is 91.0 Å². The van der Waals surface area contributed by atoms with Crippen molar-refractivity contribution in [2.75, 3.05) is 63.7 Å². The van der Waals surface area contributed by atoms with Crippen LogP contribution in [0, 0.1) is 6.92 Å². The van der Waals surface area contributed by atoms with Gasteiger partial charge in [-0.05, 0) is 96.6 Å². The number of fused-ring (bicyclic) bond motifs is 2. The van der Waals surface area contributed by atoms with E-state index in [0.717, 1.165) is 65.4 Å². The highest BCUT2D eigenvalue weighted by molar-refractivity contribution is 6.08. The van der Waals surface area contributed by atoms with E-state index in [9.17, 15) is 14.7 Å². The van der Waals surface area contributed by atoms with E-state index in [4.69, 9.17) is 9.47 Å². The number of anilines is 2. The van der Waals surface area contributed by atoms with E-state index in [1.54, 1.807) is 53.2 Å². The molecule has 3 aliphatic heterocycles. The number of carbonyl (C=O) groups is 3. The third-order valence-corrected chi connectivity index (χ3v) is 11.9. The standard InChI is InChI=1S/C46H50N6O6/c1-30-40(44(54)49(4)36-12-14-38(53)15-13-36)26-43(48(30)3)41-23-32-16-17-51(46(56)58-39-11-7-10-35(25-39)47-2)27-34(32)24-42(41)45(55)52-28-33-9-6-5-8-31(33)22-37(52)29-50-18-20-57-21-19-50/h5-15,23-26,37,47,53H,16-22,27-29H2,1-4H3/t37-/m0/s1. The second kappa shape index (κ2) is 16.4. The maximum absolute atomic E-state index is 15.4. The minimum Gasteiger partial charge on any atom is -0.508 e. The number of phenols is 1. The van der Waals surface area contributed by atoms with Crippen molar-refractivity contribution < 1.29 is 29.0 Å². The van der Waals surface area contributed by atoms with Crippen LogP contribution in [-0.4, -0.2) is 102 Å². The van der Waals surface area contributed by atoms with Crippen LogP contribution in [0.4, 0.5) is 16.2 Å². The Hall–Kier alpha value is -6.11. The van der Waals surface area contributed by atoms with E-state index in [0.29, 0.717) is 55.3 Å². The molecule has 58 heavy (non-hydrogen) atoms. The summed E-state index contributed by atoms with van der Waals surface area (Å²) < 4.78 is 13.5. The Morgan fingerprint density at radius 1 is 0.862 bits per heavy atom. The van der Waals surface area contributed by atoms with Gasteiger partial charge in [0, 0.05) is 106 Å². The predicted molar refractivity (Wildman–Crippen MR) is 224 cm³/mol. The van der Waals surface area contributed by atoms with Gasteiger partial charge in [-0.15, -0.1) is 0 Å². The van der Waals surface area contributed by atoms with Crippen molar-refractivity contribution in [3.05, 3.63) is 130 Å². The molecule has 0 radical (unpaired) electrons. The minimum atomic E-state index is -0.451. The Balaban J connectivity index is 1.18. The summed E-state index contributed by atoms with van der Waals surface area (Å²) in [6, 6.07) is 28.0. The summed E-state index contributed by atoms with van der Waals surface area (Å²) in [5.41, 5.74) is 9.07. The smallest absolute Gasteiger partial charge is 0.415 e. The molecule has 2 N–H and O–H groups in total. The quantitative estimate of drug-likeness (QED) is 0.184. The van der Waals surface area contributed by atoms with Gasteiger partial charge in [-0.25, -0.2) is 4.79 Å². The van der Waals surface area contributed by atoms with E-state index >= 15 is 4.79 Å². The third-order valence-electron chi connectivity index (χ3n) is 11.9. The summed E-state index contributed by atoms with van der Waals surface area (Å²) in [4.78, 5) is 50.7. The molecule has 300 valence electrons. The first-order valence-corrected chi connectivity index (χ1v) is 19.9. The highest BCUT2D eigenvalue weighted by Crippen LogP contribution is 2.36. The summed E-state index contributed by atoms with van der Waals surface area (Å²) in [6.07, 6.45) is 0.852. The van der Waals surface area contributed by atoms with Crippen LogP contribution in [0.3, 0.4) is 0 Å². The molecule has 0 spiro atoms. The number of ether oxygens (including phenoxy) is 2. The number of benzene rings is 4. The van der Waals surface area contributed by atoms with Crippen molar-refractivity contribution in [2.24, 2.45) is 7.05 Å². The molecule has 0 aliphatic carbocycles. The molecule has 1 atom stereocenters. The fraction of sp³-hybridized carbons (Fsp3) is 0.326. The van der Waals surface area contributed by atoms with Crippen molar-refractivity contribution in [1.29, 1.82) is 0 Å². The number of hydrogen-bond acceptors (Lipinski definition) is 8. The molecule has 4 heterocycles. The minimum absolute atomic E-state index is 0.0736. The Morgan fingerprint density at radius 3 is 2.38 bits per heavy atom. The molecule has 0 unspecified atom stereocenters. The van der Waals surface area contributed by atoms with E-state index in [1.165, 1.54) is 5.56 Å². The average molecular weight is 783 g/mol. The fourth-order valence-electron chi connectivity index (χ4n) is 8.41. The van der Waals surface area contributed by atoms with Crippen LogP contribution in [0.2, 0.25) is 0 Å². The number of nitrogens with zero attached hydrogens (tertiary/aromatic N) is 5. The van der Waals surface area contributed by atoms with E-state index in [-0.39, 0.29) is 30.2 Å². The maximum atomic E-state index is 15.4. The lowest BCUT2D eigenvalue weighted by molar-refractivity contribution is 0.0193. The first-order chi connectivity index (χ1) is 28.1. The van der Waals surface area contributed by atoms with Crippen molar-refractivity contribution in [1.82, 2.24) is 19.3 Å². The van der Waals surface area contributed by atoms with E-state index < -0.39 is 6.09 Å². The zero-order valence-electron chi connectivity index (χ0n) is 33.5. The number of morpholine rings is 1. The van der Waals surface area contributed by atoms with Crippen LogP contribution in [0.5, 0.6) is 11.5 Å². The highest BCUT2D eigenvalue weighted by Gasteiger charge is 2.35. The number of rotatable bonds is 8. The Labute approximate surface area is 339 Å². The fourth-order valence-corrected chi connectivity index (χ4v) is 8.41. The highest BCUT2D eigenvalue weighted by atomic mass is 16.6. The molecular formula is C46H50N6O6. The molecule has 1 saturated heterocycles. The molecule has 12 nitrogen and oxygen atoms in total. The zero-order chi connectivity index (χ0) is 40.5. The lowest BCUT2D eigenvalue weighted by atomic mass is 9.89.